The Morgan fingerprint density at radius 3 is 2.75 bits per heavy atom. The molecule has 0 bridgehead atoms. The van der Waals surface area contributed by atoms with Crippen LogP contribution in [0.3, 0.4) is 0 Å². The standard InChI is InChI=1S/C11H9ClN2OS/c1-6(15)9-4-8(12)11(16-9)7-2-3-10(13)14-5-7/h2-5H,1H3,(H2,13,14). The molecule has 0 spiro atoms. The fraction of sp³-hybridized carbons (Fsp3) is 0.0909. The molecule has 0 radical (unpaired) electrons. The number of hydrogen-bond acceptors (Lipinski definition) is 4. The number of nitrogen functional groups attached to an aromatic ring is 1. The van der Waals surface area contributed by atoms with Gasteiger partial charge in [-0.1, -0.05) is 11.6 Å². The minimum atomic E-state index is 0.0153. The van der Waals surface area contributed by atoms with Gasteiger partial charge in [-0.25, -0.2) is 4.98 Å². The molecule has 5 heteroatoms. The number of halogens is 1. The molecule has 2 aromatic rings. The number of carbonyl (C=O) groups excluding carboxylic acids is 1. The maximum Gasteiger partial charge on any atom is 0.169 e. The van der Waals surface area contributed by atoms with Crippen LogP contribution in [0.25, 0.3) is 10.4 Å². The summed E-state index contributed by atoms with van der Waals surface area (Å²) in [5.74, 6) is 0.477. The Hall–Kier alpha value is -1.39. The van der Waals surface area contributed by atoms with Gasteiger partial charge in [-0.05, 0) is 25.1 Å². The van der Waals surface area contributed by atoms with E-state index in [-0.39, 0.29) is 5.78 Å². The van der Waals surface area contributed by atoms with E-state index in [1.165, 1.54) is 18.3 Å². The van der Waals surface area contributed by atoms with Gasteiger partial charge in [-0.15, -0.1) is 11.3 Å². The molecule has 0 aliphatic carbocycles. The van der Waals surface area contributed by atoms with Gasteiger partial charge in [-0.2, -0.15) is 0 Å². The van der Waals surface area contributed by atoms with Crippen LogP contribution in [0.4, 0.5) is 5.82 Å². The van der Waals surface area contributed by atoms with Crippen LogP contribution in [-0.4, -0.2) is 10.8 Å². The minimum Gasteiger partial charge on any atom is -0.384 e. The van der Waals surface area contributed by atoms with Crippen molar-refractivity contribution in [2.75, 3.05) is 5.73 Å². The number of hydrogen-bond donors (Lipinski definition) is 1. The van der Waals surface area contributed by atoms with Gasteiger partial charge < -0.3 is 5.73 Å². The minimum absolute atomic E-state index is 0.0153. The fourth-order valence-electron chi connectivity index (χ4n) is 1.28. The molecule has 0 aromatic carbocycles. The number of carbonyl (C=O) groups is 1. The number of aromatic nitrogens is 1. The predicted molar refractivity (Wildman–Crippen MR) is 67.0 cm³/mol. The lowest BCUT2D eigenvalue weighted by Crippen LogP contribution is -1.88. The zero-order chi connectivity index (χ0) is 11.7. The van der Waals surface area contributed by atoms with Crippen molar-refractivity contribution in [1.29, 1.82) is 0 Å². The molecule has 0 atom stereocenters. The number of thiophene rings is 1. The highest BCUT2D eigenvalue weighted by Gasteiger charge is 2.12. The summed E-state index contributed by atoms with van der Waals surface area (Å²) >= 11 is 7.43. The van der Waals surface area contributed by atoms with Gasteiger partial charge in [-0.3, -0.25) is 4.79 Å². The molecule has 0 aliphatic heterocycles. The van der Waals surface area contributed by atoms with Crippen LogP contribution in [-0.2, 0) is 0 Å². The van der Waals surface area contributed by atoms with Crippen molar-refractivity contribution in [3.63, 3.8) is 0 Å². The first kappa shape index (κ1) is 11.1. The van der Waals surface area contributed by atoms with Crippen LogP contribution < -0.4 is 5.73 Å². The maximum atomic E-state index is 11.2. The molecule has 2 N–H and O–H groups in total. The van der Waals surface area contributed by atoms with Crippen molar-refractivity contribution in [3.05, 3.63) is 34.3 Å². The van der Waals surface area contributed by atoms with E-state index in [1.807, 2.05) is 6.07 Å². The first-order chi connectivity index (χ1) is 7.58. The van der Waals surface area contributed by atoms with E-state index >= 15 is 0 Å². The average molecular weight is 253 g/mol. The molecule has 0 amide bonds. The summed E-state index contributed by atoms with van der Waals surface area (Å²) in [6, 6.07) is 5.23. The van der Waals surface area contributed by atoms with Gasteiger partial charge in [0, 0.05) is 11.8 Å². The molecule has 0 aliphatic rings. The summed E-state index contributed by atoms with van der Waals surface area (Å²) in [5.41, 5.74) is 6.37. The van der Waals surface area contributed by atoms with Crippen LogP contribution >= 0.6 is 22.9 Å². The van der Waals surface area contributed by atoms with E-state index < -0.39 is 0 Å². The van der Waals surface area contributed by atoms with E-state index in [9.17, 15) is 4.79 Å². The fourth-order valence-corrected chi connectivity index (χ4v) is 2.61. The number of Topliss-reactive ketones (excluding diaryl/α,β-unsaturated/α-hetero) is 1. The van der Waals surface area contributed by atoms with Gasteiger partial charge in [0.1, 0.15) is 5.82 Å². The average Bonchev–Trinajstić information content (AvgIpc) is 2.62. The zero-order valence-electron chi connectivity index (χ0n) is 8.53. The summed E-state index contributed by atoms with van der Waals surface area (Å²) in [6.45, 7) is 1.52. The lowest BCUT2D eigenvalue weighted by atomic mass is 10.2. The Labute approximate surface area is 102 Å². The molecular weight excluding hydrogens is 244 g/mol. The Morgan fingerprint density at radius 2 is 2.25 bits per heavy atom. The molecule has 3 nitrogen and oxygen atoms in total. The van der Waals surface area contributed by atoms with Crippen molar-refractivity contribution in [2.45, 2.75) is 6.92 Å². The number of anilines is 1. The topological polar surface area (TPSA) is 56.0 Å². The Bertz CT molecular complexity index is 533. The first-order valence-electron chi connectivity index (χ1n) is 4.60. The Balaban J connectivity index is 2.47. The van der Waals surface area contributed by atoms with Gasteiger partial charge >= 0.3 is 0 Å². The third kappa shape index (κ3) is 2.08. The largest absolute Gasteiger partial charge is 0.384 e. The van der Waals surface area contributed by atoms with E-state index in [4.69, 9.17) is 17.3 Å². The van der Waals surface area contributed by atoms with Crippen molar-refractivity contribution in [3.8, 4) is 10.4 Å². The number of nitrogens with two attached hydrogens (primary N) is 1. The van der Waals surface area contributed by atoms with E-state index in [1.54, 1.807) is 18.3 Å². The smallest absolute Gasteiger partial charge is 0.169 e. The maximum absolute atomic E-state index is 11.2. The second-order valence-electron chi connectivity index (χ2n) is 3.32. The molecule has 0 saturated heterocycles. The van der Waals surface area contributed by atoms with Crippen molar-refractivity contribution in [2.24, 2.45) is 0 Å². The van der Waals surface area contributed by atoms with Crippen LogP contribution in [0.1, 0.15) is 16.6 Å². The van der Waals surface area contributed by atoms with E-state index in [0.29, 0.717) is 15.7 Å². The summed E-state index contributed by atoms with van der Waals surface area (Å²) in [6.07, 6.45) is 1.65. The summed E-state index contributed by atoms with van der Waals surface area (Å²) < 4.78 is 0. The monoisotopic (exact) mass is 252 g/mol. The van der Waals surface area contributed by atoms with Gasteiger partial charge in [0.2, 0.25) is 0 Å². The predicted octanol–water partition coefficient (Wildman–Crippen LogP) is 3.25. The zero-order valence-corrected chi connectivity index (χ0v) is 10.1. The quantitative estimate of drug-likeness (QED) is 0.835. The van der Waals surface area contributed by atoms with E-state index in [2.05, 4.69) is 4.98 Å². The normalized spacial score (nSPS) is 10.4. The molecule has 82 valence electrons. The highest BCUT2D eigenvalue weighted by Crippen LogP contribution is 2.36. The van der Waals surface area contributed by atoms with Gasteiger partial charge in [0.25, 0.3) is 0 Å². The van der Waals surface area contributed by atoms with Crippen molar-refractivity contribution in [1.82, 2.24) is 4.98 Å². The van der Waals surface area contributed by atoms with Gasteiger partial charge in [0.15, 0.2) is 5.78 Å². The molecular formula is C11H9ClN2OS. The van der Waals surface area contributed by atoms with E-state index in [0.717, 1.165) is 10.4 Å². The van der Waals surface area contributed by atoms with Crippen molar-refractivity contribution >= 4 is 34.5 Å². The lowest BCUT2D eigenvalue weighted by Gasteiger charge is -1.98. The third-order valence-electron chi connectivity index (χ3n) is 2.08. The Morgan fingerprint density at radius 1 is 1.50 bits per heavy atom. The molecule has 2 heterocycles. The molecule has 2 rings (SSSR count). The van der Waals surface area contributed by atoms with Gasteiger partial charge in [0.05, 0.1) is 14.8 Å². The number of ketones is 1. The number of nitrogens with zero attached hydrogens (tertiary/aromatic N) is 1. The second-order valence-corrected chi connectivity index (χ2v) is 4.78. The molecule has 0 unspecified atom stereocenters. The van der Waals surface area contributed by atoms with Crippen LogP contribution in [0.5, 0.6) is 0 Å². The highest BCUT2D eigenvalue weighted by atomic mass is 35.5. The number of pyridine rings is 1. The summed E-state index contributed by atoms with van der Waals surface area (Å²) in [5, 5.41) is 0.571. The van der Waals surface area contributed by atoms with Crippen LogP contribution in [0.15, 0.2) is 24.4 Å². The molecule has 0 saturated carbocycles. The highest BCUT2D eigenvalue weighted by molar-refractivity contribution is 7.18. The number of rotatable bonds is 2. The lowest BCUT2D eigenvalue weighted by molar-refractivity contribution is 0.102. The Kier molecular flexibility index (Phi) is 2.94. The molecule has 16 heavy (non-hydrogen) atoms. The van der Waals surface area contributed by atoms with Crippen LogP contribution in [0, 0.1) is 0 Å². The second kappa shape index (κ2) is 4.23. The third-order valence-corrected chi connectivity index (χ3v) is 3.78. The molecule has 0 fully saturated rings. The van der Waals surface area contributed by atoms with Crippen molar-refractivity contribution < 1.29 is 4.79 Å². The summed E-state index contributed by atoms with van der Waals surface area (Å²) in [7, 11) is 0. The summed E-state index contributed by atoms with van der Waals surface area (Å²) in [4.78, 5) is 16.7. The SMILES string of the molecule is CC(=O)c1cc(Cl)c(-c2ccc(N)nc2)s1. The van der Waals surface area contributed by atoms with Crippen LogP contribution in [0.2, 0.25) is 5.02 Å². The molecule has 2 aromatic heterocycles. The first-order valence-corrected chi connectivity index (χ1v) is 5.79.